The Morgan fingerprint density at radius 1 is 1.00 bits per heavy atom. The Kier molecular flexibility index (Phi) is 5.13. The number of rotatable bonds is 6. The number of carbonyl (C=O) groups excluding carboxylic acids is 1. The van der Waals surface area contributed by atoms with E-state index in [2.05, 4.69) is 24.0 Å². The highest BCUT2D eigenvalue weighted by molar-refractivity contribution is 6.09. The van der Waals surface area contributed by atoms with Crippen molar-refractivity contribution in [3.05, 3.63) is 89.6 Å². The van der Waals surface area contributed by atoms with Gasteiger partial charge in [-0.3, -0.25) is 4.79 Å². The number of carbonyl (C=O) groups is 1. The van der Waals surface area contributed by atoms with Gasteiger partial charge in [-0.25, -0.2) is 0 Å². The predicted molar refractivity (Wildman–Crippen MR) is 114 cm³/mol. The van der Waals surface area contributed by atoms with Crippen LogP contribution in [0.15, 0.2) is 72.9 Å². The third-order valence-electron chi connectivity index (χ3n) is 5.05. The molecule has 1 aromatic heterocycles. The lowest BCUT2D eigenvalue weighted by atomic mass is 10.0. The third-order valence-corrected chi connectivity index (χ3v) is 5.05. The number of nitrogens with one attached hydrogen (secondary N) is 1. The Bertz CT molecular complexity index is 1200. The molecule has 0 amide bonds. The molecule has 0 aliphatic carbocycles. The number of H-pyrrole nitrogens is 1. The van der Waals surface area contributed by atoms with Gasteiger partial charge in [0.25, 0.3) is 0 Å². The van der Waals surface area contributed by atoms with Crippen molar-refractivity contribution in [2.24, 2.45) is 0 Å². The van der Waals surface area contributed by atoms with Crippen LogP contribution < -0.4 is 4.74 Å². The van der Waals surface area contributed by atoms with Crippen molar-refractivity contribution >= 4 is 16.7 Å². The third kappa shape index (κ3) is 3.76. The maximum atomic E-state index is 12.7. The number of fused-ring (bicyclic) bond motifs is 1. The van der Waals surface area contributed by atoms with Crippen LogP contribution in [0.4, 0.5) is 0 Å². The highest BCUT2D eigenvalue weighted by Gasteiger charge is 2.14. The number of aromatic nitrogens is 1. The molecule has 3 aromatic carbocycles. The molecule has 4 heteroatoms. The fourth-order valence-corrected chi connectivity index (χ4v) is 3.45. The number of nitriles is 1. The van der Waals surface area contributed by atoms with Crippen molar-refractivity contribution in [3.63, 3.8) is 0 Å². The number of Topliss-reactive ketones (excluding diaryl/α,β-unsaturated/α-hetero) is 1. The van der Waals surface area contributed by atoms with Crippen LogP contribution in [0, 0.1) is 11.3 Å². The van der Waals surface area contributed by atoms with E-state index in [0.717, 1.165) is 28.5 Å². The number of nitrogens with zero attached hydrogens (tertiary/aromatic N) is 1. The molecule has 0 radical (unpaired) electrons. The minimum Gasteiger partial charge on any atom is -0.485 e. The standard InChI is InChI=1S/C25H20N2O2/c1-2-18-4-3-5-22-23(15-27-25(18)22)24(28)16-29-21-12-10-20(11-13-21)19-8-6-17(14-26)7-9-19/h3-13,15,27H,2,16H2,1H3. The number of aryl methyl sites for hydroxylation is 1. The van der Waals surface area contributed by atoms with E-state index in [0.29, 0.717) is 16.9 Å². The largest absolute Gasteiger partial charge is 0.485 e. The monoisotopic (exact) mass is 380 g/mol. The van der Waals surface area contributed by atoms with Crippen LogP contribution in [0.25, 0.3) is 22.0 Å². The molecule has 0 bridgehead atoms. The highest BCUT2D eigenvalue weighted by Crippen LogP contribution is 2.25. The molecule has 0 aliphatic rings. The normalized spacial score (nSPS) is 10.6. The van der Waals surface area contributed by atoms with Crippen molar-refractivity contribution < 1.29 is 9.53 Å². The summed E-state index contributed by atoms with van der Waals surface area (Å²) in [5.41, 5.74) is 5.56. The van der Waals surface area contributed by atoms with Gasteiger partial charge in [-0.15, -0.1) is 0 Å². The molecular weight excluding hydrogens is 360 g/mol. The summed E-state index contributed by atoms with van der Waals surface area (Å²) < 4.78 is 5.72. The predicted octanol–water partition coefficient (Wildman–Crippen LogP) is 5.53. The average Bonchev–Trinajstić information content (AvgIpc) is 3.22. The molecule has 4 rings (SSSR count). The number of aromatic amines is 1. The number of hydrogen-bond acceptors (Lipinski definition) is 3. The number of hydrogen-bond donors (Lipinski definition) is 1. The van der Waals surface area contributed by atoms with Crippen LogP contribution in [0.5, 0.6) is 5.75 Å². The lowest BCUT2D eigenvalue weighted by Crippen LogP contribution is -2.11. The van der Waals surface area contributed by atoms with Crippen LogP contribution in [0.1, 0.15) is 28.4 Å². The molecule has 0 spiro atoms. The summed E-state index contributed by atoms with van der Waals surface area (Å²) in [7, 11) is 0. The fraction of sp³-hybridized carbons (Fsp3) is 0.120. The maximum Gasteiger partial charge on any atom is 0.202 e. The molecule has 29 heavy (non-hydrogen) atoms. The summed E-state index contributed by atoms with van der Waals surface area (Å²) in [6.45, 7) is 2.08. The quantitative estimate of drug-likeness (QED) is 0.447. The van der Waals surface area contributed by atoms with Crippen LogP contribution >= 0.6 is 0 Å². The van der Waals surface area contributed by atoms with Gasteiger partial charge in [-0.2, -0.15) is 5.26 Å². The average molecular weight is 380 g/mol. The molecule has 0 atom stereocenters. The zero-order valence-electron chi connectivity index (χ0n) is 16.1. The fourth-order valence-electron chi connectivity index (χ4n) is 3.45. The van der Waals surface area contributed by atoms with Crippen LogP contribution in [-0.4, -0.2) is 17.4 Å². The summed E-state index contributed by atoms with van der Waals surface area (Å²) in [4.78, 5) is 15.9. The van der Waals surface area contributed by atoms with E-state index < -0.39 is 0 Å². The van der Waals surface area contributed by atoms with Gasteiger partial charge in [0.15, 0.2) is 6.61 Å². The first-order chi connectivity index (χ1) is 14.2. The first-order valence-corrected chi connectivity index (χ1v) is 9.55. The Hall–Kier alpha value is -3.84. The topological polar surface area (TPSA) is 65.9 Å². The molecule has 4 aromatic rings. The van der Waals surface area contributed by atoms with Crippen LogP contribution in [0.3, 0.4) is 0 Å². The zero-order chi connectivity index (χ0) is 20.2. The molecule has 0 aliphatic heterocycles. The van der Waals surface area contributed by atoms with E-state index in [1.165, 1.54) is 5.56 Å². The Morgan fingerprint density at radius 2 is 1.69 bits per heavy atom. The minimum atomic E-state index is -0.0549. The van der Waals surface area contributed by atoms with E-state index in [4.69, 9.17) is 10.00 Å². The second kappa shape index (κ2) is 8.04. The molecule has 1 heterocycles. The van der Waals surface area contributed by atoms with E-state index in [1.807, 2.05) is 48.5 Å². The van der Waals surface area contributed by atoms with Crippen molar-refractivity contribution in [3.8, 4) is 22.9 Å². The molecule has 0 fully saturated rings. The van der Waals surface area contributed by atoms with Gasteiger partial charge >= 0.3 is 0 Å². The smallest absolute Gasteiger partial charge is 0.202 e. The van der Waals surface area contributed by atoms with E-state index in [9.17, 15) is 4.79 Å². The van der Waals surface area contributed by atoms with Crippen molar-refractivity contribution in [2.45, 2.75) is 13.3 Å². The van der Waals surface area contributed by atoms with Gasteiger partial charge in [0, 0.05) is 22.7 Å². The number of para-hydroxylation sites is 1. The van der Waals surface area contributed by atoms with E-state index >= 15 is 0 Å². The molecular formula is C25H20N2O2. The SMILES string of the molecule is CCc1cccc2c(C(=O)COc3ccc(-c4ccc(C#N)cc4)cc3)c[nH]c12. The van der Waals surface area contributed by atoms with Gasteiger partial charge in [0.1, 0.15) is 5.75 Å². The lowest BCUT2D eigenvalue weighted by molar-refractivity contribution is 0.0923. The summed E-state index contributed by atoms with van der Waals surface area (Å²) in [5.74, 6) is 0.588. The van der Waals surface area contributed by atoms with Gasteiger partial charge in [-0.1, -0.05) is 49.4 Å². The Balaban J connectivity index is 1.45. The van der Waals surface area contributed by atoms with Gasteiger partial charge in [0.2, 0.25) is 5.78 Å². The van der Waals surface area contributed by atoms with Gasteiger partial charge in [-0.05, 0) is 47.4 Å². The molecule has 0 saturated carbocycles. The van der Waals surface area contributed by atoms with Crippen LogP contribution in [-0.2, 0) is 6.42 Å². The molecule has 4 nitrogen and oxygen atoms in total. The summed E-state index contributed by atoms with van der Waals surface area (Å²) in [6.07, 6.45) is 2.68. The first kappa shape index (κ1) is 18.5. The maximum absolute atomic E-state index is 12.7. The second-order valence-corrected chi connectivity index (χ2v) is 6.82. The Morgan fingerprint density at radius 3 is 2.34 bits per heavy atom. The van der Waals surface area contributed by atoms with Crippen molar-refractivity contribution in [1.29, 1.82) is 5.26 Å². The number of benzene rings is 3. The summed E-state index contributed by atoms with van der Waals surface area (Å²) >= 11 is 0. The van der Waals surface area contributed by atoms with E-state index in [1.54, 1.807) is 18.3 Å². The van der Waals surface area contributed by atoms with Crippen LogP contribution in [0.2, 0.25) is 0 Å². The second-order valence-electron chi connectivity index (χ2n) is 6.82. The van der Waals surface area contributed by atoms with Gasteiger partial charge < -0.3 is 9.72 Å². The van der Waals surface area contributed by atoms with E-state index in [-0.39, 0.29) is 12.4 Å². The molecule has 0 saturated heterocycles. The molecule has 0 unspecified atom stereocenters. The summed E-state index contributed by atoms with van der Waals surface area (Å²) in [6, 6.07) is 23.1. The highest BCUT2D eigenvalue weighted by atomic mass is 16.5. The van der Waals surface area contributed by atoms with Crippen molar-refractivity contribution in [1.82, 2.24) is 4.98 Å². The Labute approximate surface area is 169 Å². The molecule has 142 valence electrons. The number of ether oxygens (including phenoxy) is 1. The first-order valence-electron chi connectivity index (χ1n) is 9.55. The number of ketones is 1. The van der Waals surface area contributed by atoms with Crippen molar-refractivity contribution in [2.75, 3.05) is 6.61 Å². The van der Waals surface area contributed by atoms with Gasteiger partial charge in [0.05, 0.1) is 11.6 Å². The lowest BCUT2D eigenvalue weighted by Gasteiger charge is -2.07. The molecule has 1 N–H and O–H groups in total. The minimum absolute atomic E-state index is 0.0144. The zero-order valence-corrected chi connectivity index (χ0v) is 16.1. The summed E-state index contributed by atoms with van der Waals surface area (Å²) in [5, 5.41) is 9.84.